The molecule has 90 valence electrons. The van der Waals surface area contributed by atoms with E-state index in [0.717, 1.165) is 0 Å². The lowest BCUT2D eigenvalue weighted by molar-refractivity contribution is 0.784. The Morgan fingerprint density at radius 3 is 1.73 bits per heavy atom. The highest BCUT2D eigenvalue weighted by molar-refractivity contribution is 6.89. The normalized spacial score (nSPS) is 13.5. The molecule has 0 saturated carbocycles. The van der Waals surface area contributed by atoms with Gasteiger partial charge in [-0.1, -0.05) is 65.1 Å². The number of hydrogen-bond acceptors (Lipinski definition) is 1. The Morgan fingerprint density at radius 1 is 0.933 bits per heavy atom. The SMILES string of the molecule is CCCC/C=C/N([Si](C)(C)C)[Si](C)(C)C. The molecule has 0 unspecified atom stereocenters. The quantitative estimate of drug-likeness (QED) is 0.484. The zero-order valence-electron chi connectivity index (χ0n) is 11.7. The lowest BCUT2D eigenvalue weighted by Crippen LogP contribution is -2.55. The molecule has 3 heteroatoms. The molecule has 0 bridgehead atoms. The molecular weight excluding hydrogens is 214 g/mol. The monoisotopic (exact) mass is 243 g/mol. The average molecular weight is 244 g/mol. The molecule has 1 nitrogen and oxygen atoms in total. The van der Waals surface area contributed by atoms with Gasteiger partial charge in [-0.05, 0) is 12.6 Å². The molecule has 0 aliphatic rings. The molecule has 0 aromatic heterocycles. The Labute approximate surface area is 98.7 Å². The lowest BCUT2D eigenvalue weighted by Gasteiger charge is -2.43. The molecule has 0 aliphatic heterocycles. The van der Waals surface area contributed by atoms with Gasteiger partial charge in [-0.3, -0.25) is 0 Å². The van der Waals surface area contributed by atoms with E-state index >= 15 is 0 Å². The summed E-state index contributed by atoms with van der Waals surface area (Å²) in [5.41, 5.74) is 0. The fourth-order valence-electron chi connectivity index (χ4n) is 1.96. The van der Waals surface area contributed by atoms with Gasteiger partial charge in [-0.2, -0.15) is 0 Å². The van der Waals surface area contributed by atoms with Crippen molar-refractivity contribution in [3.63, 3.8) is 0 Å². The van der Waals surface area contributed by atoms with E-state index in [9.17, 15) is 0 Å². The van der Waals surface area contributed by atoms with Crippen LogP contribution >= 0.6 is 0 Å². The predicted octanol–water partition coefficient (Wildman–Crippen LogP) is 4.66. The van der Waals surface area contributed by atoms with Crippen molar-refractivity contribution in [2.24, 2.45) is 0 Å². The van der Waals surface area contributed by atoms with Gasteiger partial charge in [0.1, 0.15) is 16.5 Å². The molecule has 0 radical (unpaired) electrons. The highest BCUT2D eigenvalue weighted by Crippen LogP contribution is 2.20. The van der Waals surface area contributed by atoms with Crippen LogP contribution in [0.25, 0.3) is 0 Å². The topological polar surface area (TPSA) is 3.24 Å². The standard InChI is InChI=1S/C12H29NSi2/c1-8-9-10-11-12-13(14(2,3)4)15(5,6)7/h11-12H,8-10H2,1-7H3/b12-11+. The van der Waals surface area contributed by atoms with E-state index in [2.05, 4.69) is 62.7 Å². The minimum Gasteiger partial charge on any atom is -0.431 e. The fourth-order valence-corrected chi connectivity index (χ4v) is 11.1. The molecule has 0 N–H and O–H groups in total. The first-order chi connectivity index (χ1) is 6.69. The van der Waals surface area contributed by atoms with Gasteiger partial charge >= 0.3 is 0 Å². The number of rotatable bonds is 6. The predicted molar refractivity (Wildman–Crippen MR) is 77.2 cm³/mol. The molecule has 0 spiro atoms. The van der Waals surface area contributed by atoms with E-state index in [0.29, 0.717) is 0 Å². The van der Waals surface area contributed by atoms with Crippen molar-refractivity contribution in [3.8, 4) is 0 Å². The van der Waals surface area contributed by atoms with Crippen LogP contribution in [0.1, 0.15) is 26.2 Å². The van der Waals surface area contributed by atoms with Crippen molar-refractivity contribution in [2.75, 3.05) is 0 Å². The molecule has 0 fully saturated rings. The van der Waals surface area contributed by atoms with Crippen LogP contribution in [-0.2, 0) is 0 Å². The summed E-state index contributed by atoms with van der Waals surface area (Å²) < 4.78 is 2.72. The van der Waals surface area contributed by atoms with Crippen LogP contribution < -0.4 is 0 Å². The number of hydrogen-bond donors (Lipinski definition) is 0. The zero-order chi connectivity index (χ0) is 12.1. The summed E-state index contributed by atoms with van der Waals surface area (Å²) >= 11 is 0. The second-order valence-corrected chi connectivity index (χ2v) is 16.3. The van der Waals surface area contributed by atoms with Crippen molar-refractivity contribution < 1.29 is 0 Å². The van der Waals surface area contributed by atoms with Crippen LogP contribution in [0.4, 0.5) is 0 Å². The van der Waals surface area contributed by atoms with Crippen LogP contribution in [0.15, 0.2) is 12.3 Å². The second kappa shape index (κ2) is 5.90. The number of allylic oxidation sites excluding steroid dienone is 1. The van der Waals surface area contributed by atoms with Crippen LogP contribution in [0.5, 0.6) is 0 Å². The van der Waals surface area contributed by atoms with Crippen molar-refractivity contribution in [3.05, 3.63) is 12.3 Å². The smallest absolute Gasteiger partial charge is 0.138 e. The van der Waals surface area contributed by atoms with E-state index in [1.807, 2.05) is 0 Å². The Morgan fingerprint density at radius 2 is 1.40 bits per heavy atom. The highest BCUT2D eigenvalue weighted by atomic mass is 28.4. The molecule has 0 aromatic carbocycles. The van der Waals surface area contributed by atoms with Gasteiger partial charge < -0.3 is 4.23 Å². The van der Waals surface area contributed by atoms with E-state index in [1.54, 1.807) is 0 Å². The third kappa shape index (κ3) is 6.20. The maximum atomic E-state index is 2.72. The van der Waals surface area contributed by atoms with Gasteiger partial charge in [-0.25, -0.2) is 0 Å². The van der Waals surface area contributed by atoms with Gasteiger partial charge in [0.2, 0.25) is 0 Å². The Bertz CT molecular complexity index is 185. The maximum absolute atomic E-state index is 2.72. The van der Waals surface area contributed by atoms with Gasteiger partial charge in [-0.15, -0.1) is 0 Å². The zero-order valence-corrected chi connectivity index (χ0v) is 13.7. The highest BCUT2D eigenvalue weighted by Gasteiger charge is 2.31. The molecule has 0 saturated heterocycles. The molecular formula is C12H29NSi2. The molecule has 0 atom stereocenters. The third-order valence-corrected chi connectivity index (χ3v) is 9.64. The van der Waals surface area contributed by atoms with Crippen molar-refractivity contribution in [2.45, 2.75) is 65.5 Å². The fraction of sp³-hybridized carbons (Fsp3) is 0.833. The summed E-state index contributed by atoms with van der Waals surface area (Å²) in [4.78, 5) is 0. The largest absolute Gasteiger partial charge is 0.431 e. The molecule has 0 aromatic rings. The van der Waals surface area contributed by atoms with Crippen LogP contribution in [-0.4, -0.2) is 20.7 Å². The van der Waals surface area contributed by atoms with E-state index in [4.69, 9.17) is 0 Å². The Hall–Kier alpha value is -0.0262. The molecule has 0 rings (SSSR count). The van der Waals surface area contributed by atoms with Gasteiger partial charge in [0.15, 0.2) is 0 Å². The van der Waals surface area contributed by atoms with Crippen molar-refractivity contribution in [1.82, 2.24) is 4.23 Å². The summed E-state index contributed by atoms with van der Waals surface area (Å²) in [6.07, 6.45) is 8.63. The first-order valence-corrected chi connectivity index (χ1v) is 13.0. The minimum atomic E-state index is -1.17. The Kier molecular flexibility index (Phi) is 5.89. The van der Waals surface area contributed by atoms with E-state index in [-0.39, 0.29) is 0 Å². The van der Waals surface area contributed by atoms with Gasteiger partial charge in [0.25, 0.3) is 0 Å². The van der Waals surface area contributed by atoms with Gasteiger partial charge in [0, 0.05) is 0 Å². The number of unbranched alkanes of at least 4 members (excludes halogenated alkanes) is 2. The lowest BCUT2D eigenvalue weighted by atomic mass is 10.2. The molecule has 0 amide bonds. The molecule has 15 heavy (non-hydrogen) atoms. The summed E-state index contributed by atoms with van der Waals surface area (Å²) in [6, 6.07) is 0. The third-order valence-electron chi connectivity index (χ3n) is 2.42. The maximum Gasteiger partial charge on any atom is 0.138 e. The van der Waals surface area contributed by atoms with E-state index < -0.39 is 16.5 Å². The number of nitrogens with zero attached hydrogens (tertiary/aromatic N) is 1. The van der Waals surface area contributed by atoms with Crippen LogP contribution in [0, 0.1) is 0 Å². The first kappa shape index (κ1) is 15.0. The van der Waals surface area contributed by atoms with Crippen LogP contribution in [0.3, 0.4) is 0 Å². The van der Waals surface area contributed by atoms with Gasteiger partial charge in [0.05, 0.1) is 0 Å². The molecule has 0 heterocycles. The average Bonchev–Trinajstić information content (AvgIpc) is 1.99. The molecule has 0 aliphatic carbocycles. The van der Waals surface area contributed by atoms with E-state index in [1.165, 1.54) is 19.3 Å². The summed E-state index contributed by atoms with van der Waals surface area (Å²) in [5.74, 6) is 0. The second-order valence-electron chi connectivity index (χ2n) is 6.24. The Balaban J connectivity index is 4.47. The summed E-state index contributed by atoms with van der Waals surface area (Å²) in [5, 5.41) is 0. The van der Waals surface area contributed by atoms with Crippen molar-refractivity contribution >= 4 is 16.5 Å². The van der Waals surface area contributed by atoms with Crippen molar-refractivity contribution in [1.29, 1.82) is 0 Å². The summed E-state index contributed by atoms with van der Waals surface area (Å²) in [7, 11) is -2.35. The minimum absolute atomic E-state index is 1.17. The van der Waals surface area contributed by atoms with Crippen LogP contribution in [0.2, 0.25) is 39.3 Å². The first-order valence-electron chi connectivity index (χ1n) is 6.15. The summed E-state index contributed by atoms with van der Waals surface area (Å²) in [6.45, 7) is 16.9.